The Morgan fingerprint density at radius 2 is 1.52 bits per heavy atom. The van der Waals surface area contributed by atoms with Crippen LogP contribution in [0.15, 0.2) is 60.7 Å². The van der Waals surface area contributed by atoms with Gasteiger partial charge in [-0.1, -0.05) is 35.9 Å². The van der Waals surface area contributed by atoms with E-state index in [0.29, 0.717) is 34.3 Å². The van der Waals surface area contributed by atoms with Crippen molar-refractivity contribution in [2.24, 2.45) is 5.92 Å². The van der Waals surface area contributed by atoms with E-state index in [1.807, 2.05) is 22.9 Å². The first-order chi connectivity index (χ1) is 27.1. The Morgan fingerprint density at radius 3 is 2.21 bits per heavy atom. The third-order valence-electron chi connectivity index (χ3n) is 12.1. The average molecular weight is 773 g/mol. The van der Waals surface area contributed by atoms with E-state index >= 15 is 0 Å². The minimum absolute atomic E-state index is 0.104. The van der Waals surface area contributed by atoms with E-state index in [-0.39, 0.29) is 18.7 Å². The van der Waals surface area contributed by atoms with Crippen molar-refractivity contribution in [1.29, 1.82) is 0 Å². The normalized spacial score (nSPS) is 19.4. The molecule has 4 aliphatic rings. The van der Waals surface area contributed by atoms with Gasteiger partial charge in [-0.25, -0.2) is 4.85 Å². The maximum absolute atomic E-state index is 13.3. The standard InChI is InChI=1S/C43H45ClN8O4/c1-27-28(2)51(47-40(27)31-6-11-37(45-3)36(44)24-31)26-30-4-7-32(8-5-30)50-22-20-48(21-23-50)17-14-29-15-18-49(19-16-29)33-9-10-34-35(25-33)43(56)52(42(34)55)38-12-13-39(53)46-41(38)54/h4-11,24-25,29,38H,12-23,26H2,1-2H3,(H,46,53,54). The Labute approximate surface area is 331 Å². The zero-order valence-corrected chi connectivity index (χ0v) is 32.5. The van der Waals surface area contributed by atoms with Crippen molar-refractivity contribution in [2.45, 2.75) is 58.5 Å². The molecule has 12 nitrogen and oxygen atoms in total. The summed E-state index contributed by atoms with van der Waals surface area (Å²) in [6.45, 7) is 19.0. The smallest absolute Gasteiger partial charge is 0.262 e. The summed E-state index contributed by atoms with van der Waals surface area (Å²) in [5.41, 5.74) is 8.45. The van der Waals surface area contributed by atoms with Gasteiger partial charge in [0, 0.05) is 73.3 Å². The first-order valence-electron chi connectivity index (χ1n) is 19.5. The number of piperidine rings is 2. The molecule has 288 valence electrons. The molecule has 4 aromatic rings. The number of rotatable bonds is 9. The van der Waals surface area contributed by atoms with E-state index in [4.69, 9.17) is 23.3 Å². The summed E-state index contributed by atoms with van der Waals surface area (Å²) in [6, 6.07) is 18.8. The summed E-state index contributed by atoms with van der Waals surface area (Å²) in [5.74, 6) is -1.28. The molecule has 0 aliphatic carbocycles. The van der Waals surface area contributed by atoms with E-state index in [2.05, 4.69) is 63.0 Å². The van der Waals surface area contributed by atoms with Gasteiger partial charge < -0.3 is 9.80 Å². The van der Waals surface area contributed by atoms with E-state index < -0.39 is 23.8 Å². The molecule has 0 bridgehead atoms. The molecule has 8 rings (SSSR count). The number of halogens is 1. The van der Waals surface area contributed by atoms with Gasteiger partial charge in [-0.3, -0.25) is 39.0 Å². The number of carbonyl (C=O) groups is 4. The van der Waals surface area contributed by atoms with Crippen molar-refractivity contribution in [1.82, 2.24) is 24.9 Å². The minimum atomic E-state index is -0.957. The van der Waals surface area contributed by atoms with Crippen LogP contribution in [0.2, 0.25) is 5.02 Å². The molecule has 1 aromatic heterocycles. The zero-order valence-electron chi connectivity index (χ0n) is 31.8. The lowest BCUT2D eigenvalue weighted by molar-refractivity contribution is -0.136. The highest BCUT2D eigenvalue weighted by Gasteiger charge is 2.44. The number of nitrogens with one attached hydrogen (secondary N) is 1. The number of fused-ring (bicyclic) bond motifs is 1. The topological polar surface area (TPSA) is 115 Å². The van der Waals surface area contributed by atoms with Gasteiger partial charge in [0.2, 0.25) is 17.5 Å². The average Bonchev–Trinajstić information content (AvgIpc) is 3.63. The van der Waals surface area contributed by atoms with Gasteiger partial charge in [-0.2, -0.15) is 5.10 Å². The Hall–Kier alpha value is -5.51. The second kappa shape index (κ2) is 15.6. The molecule has 3 aromatic carbocycles. The van der Waals surface area contributed by atoms with Crippen molar-refractivity contribution in [2.75, 3.05) is 55.6 Å². The molecule has 5 heterocycles. The van der Waals surface area contributed by atoms with Gasteiger partial charge in [0.25, 0.3) is 11.8 Å². The number of aromatic nitrogens is 2. The maximum Gasteiger partial charge on any atom is 0.262 e. The molecule has 13 heteroatoms. The molecule has 4 amide bonds. The van der Waals surface area contributed by atoms with E-state index in [1.54, 1.807) is 18.2 Å². The highest BCUT2D eigenvalue weighted by atomic mass is 35.5. The van der Waals surface area contributed by atoms with Gasteiger partial charge in [0.1, 0.15) is 6.04 Å². The first kappa shape index (κ1) is 37.4. The fourth-order valence-electron chi connectivity index (χ4n) is 8.52. The second-order valence-corrected chi connectivity index (χ2v) is 15.8. The summed E-state index contributed by atoms with van der Waals surface area (Å²) >= 11 is 6.32. The second-order valence-electron chi connectivity index (χ2n) is 15.4. The van der Waals surface area contributed by atoms with Crippen LogP contribution < -0.4 is 15.1 Å². The number of imide groups is 2. The third-order valence-corrected chi connectivity index (χ3v) is 12.4. The Balaban J connectivity index is 0.788. The quantitative estimate of drug-likeness (QED) is 0.157. The van der Waals surface area contributed by atoms with Gasteiger partial charge >= 0.3 is 0 Å². The number of amides is 4. The number of carbonyl (C=O) groups excluding carboxylic acids is 4. The molecule has 3 saturated heterocycles. The predicted molar refractivity (Wildman–Crippen MR) is 215 cm³/mol. The molecular formula is C43H45ClN8O4. The molecule has 0 saturated carbocycles. The van der Waals surface area contributed by atoms with Crippen LogP contribution in [0, 0.1) is 26.3 Å². The molecule has 1 unspecified atom stereocenters. The summed E-state index contributed by atoms with van der Waals surface area (Å²) in [5, 5.41) is 7.61. The van der Waals surface area contributed by atoms with Crippen LogP contribution in [0.25, 0.3) is 16.1 Å². The molecule has 0 spiro atoms. The van der Waals surface area contributed by atoms with Crippen LogP contribution in [0.1, 0.15) is 69.6 Å². The number of hydrogen-bond acceptors (Lipinski definition) is 8. The van der Waals surface area contributed by atoms with Crippen molar-refractivity contribution in [3.63, 3.8) is 0 Å². The van der Waals surface area contributed by atoms with Crippen LogP contribution in [0.3, 0.4) is 0 Å². The van der Waals surface area contributed by atoms with Crippen molar-refractivity contribution in [3.8, 4) is 11.3 Å². The lowest BCUT2D eigenvalue weighted by atomic mass is 9.92. The Bertz CT molecular complexity index is 2250. The molecule has 0 radical (unpaired) electrons. The zero-order chi connectivity index (χ0) is 39.1. The largest absolute Gasteiger partial charge is 0.371 e. The number of anilines is 2. The van der Waals surface area contributed by atoms with E-state index in [1.165, 1.54) is 11.3 Å². The van der Waals surface area contributed by atoms with Gasteiger partial charge in [-0.05, 0) is 99.5 Å². The highest BCUT2D eigenvalue weighted by Crippen LogP contribution is 2.34. The minimum Gasteiger partial charge on any atom is -0.371 e. The summed E-state index contributed by atoms with van der Waals surface area (Å²) < 4.78 is 2.04. The van der Waals surface area contributed by atoms with Gasteiger partial charge in [0.15, 0.2) is 0 Å². The van der Waals surface area contributed by atoms with Crippen molar-refractivity contribution < 1.29 is 19.2 Å². The lowest BCUT2D eigenvalue weighted by Gasteiger charge is -2.38. The summed E-state index contributed by atoms with van der Waals surface area (Å²) in [7, 11) is 0. The van der Waals surface area contributed by atoms with Crippen molar-refractivity contribution in [3.05, 3.63) is 105 Å². The molecule has 1 atom stereocenters. The SMILES string of the molecule is [C-]#[N+]c1ccc(-c2nn(Cc3ccc(N4CCN(CCC5CCN(c6ccc7c(c6)C(=O)N(C6CCC(=O)NC6=O)C7=O)CC5)CC4)cc3)c(C)c2C)cc1Cl. The van der Waals surface area contributed by atoms with Crippen LogP contribution in [0.5, 0.6) is 0 Å². The fourth-order valence-corrected chi connectivity index (χ4v) is 8.75. The van der Waals surface area contributed by atoms with E-state index in [0.717, 1.165) is 98.2 Å². The lowest BCUT2D eigenvalue weighted by Crippen LogP contribution is -2.54. The number of piperazine rings is 1. The number of hydrogen-bond donors (Lipinski definition) is 1. The van der Waals surface area contributed by atoms with Crippen LogP contribution in [-0.2, 0) is 16.1 Å². The van der Waals surface area contributed by atoms with E-state index in [9.17, 15) is 19.2 Å². The number of benzene rings is 3. The monoisotopic (exact) mass is 772 g/mol. The van der Waals surface area contributed by atoms with Crippen LogP contribution in [0.4, 0.5) is 17.1 Å². The molecule has 4 aliphatic heterocycles. The summed E-state index contributed by atoms with van der Waals surface area (Å²) in [6.07, 6.45) is 3.56. The Kier molecular flexibility index (Phi) is 10.4. The number of nitrogens with zero attached hydrogens (tertiary/aromatic N) is 7. The predicted octanol–water partition coefficient (Wildman–Crippen LogP) is 6.25. The Morgan fingerprint density at radius 1 is 0.821 bits per heavy atom. The van der Waals surface area contributed by atoms with Gasteiger partial charge in [0.05, 0.1) is 29.9 Å². The molecule has 1 N–H and O–H groups in total. The van der Waals surface area contributed by atoms with Crippen molar-refractivity contribution >= 4 is 52.3 Å². The molecule has 3 fully saturated rings. The summed E-state index contributed by atoms with van der Waals surface area (Å²) in [4.78, 5) is 62.3. The van der Waals surface area contributed by atoms with Gasteiger partial charge in [-0.15, -0.1) is 0 Å². The highest BCUT2D eigenvalue weighted by molar-refractivity contribution is 6.33. The molecule has 56 heavy (non-hydrogen) atoms. The third kappa shape index (κ3) is 7.29. The molecular weight excluding hydrogens is 728 g/mol. The maximum atomic E-state index is 13.3. The first-order valence-corrected chi connectivity index (χ1v) is 19.8. The fraction of sp³-hybridized carbons (Fsp3) is 0.395. The van der Waals surface area contributed by atoms with Crippen LogP contribution >= 0.6 is 11.6 Å². The van der Waals surface area contributed by atoms with Crippen LogP contribution in [-0.4, -0.2) is 95.1 Å².